The molecule has 0 aromatic heterocycles. The van der Waals surface area contributed by atoms with Gasteiger partial charge in [0.25, 0.3) is 0 Å². The largest absolute Gasteiger partial charge is 0.416 e. The minimum atomic E-state index is -4.30. The Labute approximate surface area is 91.8 Å². The second-order valence-electron chi connectivity index (χ2n) is 3.71. The van der Waals surface area contributed by atoms with Gasteiger partial charge in [-0.3, -0.25) is 0 Å². The molecule has 5 heteroatoms. The quantitative estimate of drug-likeness (QED) is 0.782. The van der Waals surface area contributed by atoms with Crippen LogP contribution in [0.1, 0.15) is 17.2 Å². The lowest BCUT2D eigenvalue weighted by molar-refractivity contribution is -0.138. The van der Waals surface area contributed by atoms with E-state index in [0.717, 1.165) is 12.6 Å². The number of nitrogens with one attached hydrogen (secondary N) is 1. The number of alkyl halides is 3. The van der Waals surface area contributed by atoms with Crippen LogP contribution in [-0.4, -0.2) is 19.6 Å². The van der Waals surface area contributed by atoms with Crippen molar-refractivity contribution in [3.8, 4) is 0 Å². The van der Waals surface area contributed by atoms with Crippen LogP contribution in [0.4, 0.5) is 13.2 Å². The molecule has 1 aromatic carbocycles. The van der Waals surface area contributed by atoms with Crippen LogP contribution in [0.15, 0.2) is 24.3 Å². The molecule has 2 rings (SSSR count). The molecule has 1 saturated heterocycles. The van der Waals surface area contributed by atoms with Crippen LogP contribution in [0.2, 0.25) is 0 Å². The monoisotopic (exact) mass is 229 g/mol. The first kappa shape index (κ1) is 11.4. The van der Waals surface area contributed by atoms with Crippen molar-refractivity contribution in [1.82, 2.24) is 10.6 Å². The van der Waals surface area contributed by atoms with E-state index in [1.165, 1.54) is 12.1 Å². The van der Waals surface area contributed by atoms with Gasteiger partial charge in [0.2, 0.25) is 0 Å². The van der Waals surface area contributed by atoms with Gasteiger partial charge in [-0.1, -0.05) is 18.2 Å². The van der Waals surface area contributed by atoms with Crippen LogP contribution >= 0.6 is 0 Å². The average Bonchev–Trinajstić information content (AvgIpc) is 2.29. The smallest absolute Gasteiger partial charge is 0.313 e. The standard InChI is InChI=1S/C11H12F3N2/c12-11(13,14)9-4-2-1-3-8(9)10-7-15-5-6-16-10/h1-4,10,15H,5-7H2. The Balaban J connectivity index is 2.32. The lowest BCUT2D eigenvalue weighted by atomic mass is 9.99. The molecule has 2 nitrogen and oxygen atoms in total. The SMILES string of the molecule is FC(F)(F)c1ccccc1C1CNCC[N]1. The summed E-state index contributed by atoms with van der Waals surface area (Å²) >= 11 is 0. The summed E-state index contributed by atoms with van der Waals surface area (Å²) in [6.07, 6.45) is -4.30. The van der Waals surface area contributed by atoms with Gasteiger partial charge in [0, 0.05) is 19.6 Å². The molecule has 1 aliphatic rings. The zero-order valence-corrected chi connectivity index (χ0v) is 8.59. The van der Waals surface area contributed by atoms with E-state index in [0.29, 0.717) is 13.1 Å². The highest BCUT2D eigenvalue weighted by molar-refractivity contribution is 5.32. The van der Waals surface area contributed by atoms with Gasteiger partial charge in [-0.05, 0) is 11.6 Å². The molecule has 0 saturated carbocycles. The Morgan fingerprint density at radius 3 is 2.62 bits per heavy atom. The average molecular weight is 229 g/mol. The normalized spacial score (nSPS) is 22.1. The van der Waals surface area contributed by atoms with Gasteiger partial charge in [-0.25, -0.2) is 5.32 Å². The van der Waals surface area contributed by atoms with Crippen LogP contribution in [0.3, 0.4) is 0 Å². The highest BCUT2D eigenvalue weighted by atomic mass is 19.4. The highest BCUT2D eigenvalue weighted by Gasteiger charge is 2.35. The Morgan fingerprint density at radius 2 is 2.00 bits per heavy atom. The second-order valence-corrected chi connectivity index (χ2v) is 3.71. The van der Waals surface area contributed by atoms with Crippen molar-refractivity contribution in [2.45, 2.75) is 12.2 Å². The van der Waals surface area contributed by atoms with Gasteiger partial charge in [0.05, 0.1) is 11.6 Å². The van der Waals surface area contributed by atoms with Gasteiger partial charge in [-0.2, -0.15) is 13.2 Å². The molecule has 1 unspecified atom stereocenters. The van der Waals surface area contributed by atoms with E-state index in [-0.39, 0.29) is 11.6 Å². The van der Waals surface area contributed by atoms with Gasteiger partial charge >= 0.3 is 6.18 Å². The molecule has 0 amide bonds. The van der Waals surface area contributed by atoms with E-state index in [1.54, 1.807) is 6.07 Å². The van der Waals surface area contributed by atoms with E-state index in [2.05, 4.69) is 10.6 Å². The fraction of sp³-hybridized carbons (Fsp3) is 0.455. The van der Waals surface area contributed by atoms with Gasteiger partial charge in [0.1, 0.15) is 0 Å². The molecule has 87 valence electrons. The minimum absolute atomic E-state index is 0.266. The third kappa shape index (κ3) is 2.36. The van der Waals surface area contributed by atoms with Crippen LogP contribution in [0, 0.1) is 0 Å². The number of nitrogens with zero attached hydrogens (tertiary/aromatic N) is 1. The zero-order valence-electron chi connectivity index (χ0n) is 8.59. The molecule has 0 bridgehead atoms. The van der Waals surface area contributed by atoms with Crippen LogP contribution in [-0.2, 0) is 6.18 Å². The maximum atomic E-state index is 12.7. The molecule has 16 heavy (non-hydrogen) atoms. The lowest BCUT2D eigenvalue weighted by Gasteiger charge is -2.25. The number of halogens is 3. The summed E-state index contributed by atoms with van der Waals surface area (Å²) in [4.78, 5) is 0. The number of piperazine rings is 1. The number of benzene rings is 1. The Morgan fingerprint density at radius 1 is 1.25 bits per heavy atom. The molecule has 1 aliphatic heterocycles. The van der Waals surface area contributed by atoms with Crippen molar-refractivity contribution in [3.05, 3.63) is 35.4 Å². The molecule has 1 atom stereocenters. The first-order chi connectivity index (χ1) is 7.59. The predicted molar refractivity (Wildman–Crippen MR) is 54.1 cm³/mol. The first-order valence-corrected chi connectivity index (χ1v) is 5.12. The zero-order chi connectivity index (χ0) is 11.6. The Hall–Kier alpha value is -1.07. The van der Waals surface area contributed by atoms with E-state index in [9.17, 15) is 13.2 Å². The summed E-state index contributed by atoms with van der Waals surface area (Å²) in [6, 6.07) is 5.26. The fourth-order valence-corrected chi connectivity index (χ4v) is 1.86. The van der Waals surface area contributed by atoms with Crippen molar-refractivity contribution in [3.63, 3.8) is 0 Å². The van der Waals surface area contributed by atoms with Crippen molar-refractivity contribution in [2.24, 2.45) is 0 Å². The molecule has 0 spiro atoms. The van der Waals surface area contributed by atoms with E-state index >= 15 is 0 Å². The molecule has 1 fully saturated rings. The first-order valence-electron chi connectivity index (χ1n) is 5.12. The summed E-state index contributed by atoms with van der Waals surface area (Å²) in [5.41, 5.74) is -0.311. The van der Waals surface area contributed by atoms with Crippen LogP contribution in [0.5, 0.6) is 0 Å². The molecular formula is C11H12F3N2. The highest BCUT2D eigenvalue weighted by Crippen LogP contribution is 2.34. The maximum absolute atomic E-state index is 12.7. The van der Waals surface area contributed by atoms with Crippen molar-refractivity contribution in [2.75, 3.05) is 19.6 Å². The number of rotatable bonds is 1. The summed E-state index contributed by atoms with van der Waals surface area (Å²) in [5, 5.41) is 7.26. The Kier molecular flexibility index (Phi) is 3.16. The van der Waals surface area contributed by atoms with Crippen LogP contribution < -0.4 is 10.6 Å². The van der Waals surface area contributed by atoms with Crippen molar-refractivity contribution in [1.29, 1.82) is 0 Å². The fourth-order valence-electron chi connectivity index (χ4n) is 1.86. The van der Waals surface area contributed by atoms with Crippen LogP contribution in [0.25, 0.3) is 0 Å². The Bertz CT molecular complexity index is 356. The third-order valence-electron chi connectivity index (χ3n) is 2.60. The number of hydrogen-bond donors (Lipinski definition) is 1. The lowest BCUT2D eigenvalue weighted by Crippen LogP contribution is -2.39. The molecule has 0 aliphatic carbocycles. The van der Waals surface area contributed by atoms with Gasteiger partial charge < -0.3 is 5.32 Å². The van der Waals surface area contributed by atoms with E-state index in [4.69, 9.17) is 0 Å². The topological polar surface area (TPSA) is 26.1 Å². The van der Waals surface area contributed by atoms with Gasteiger partial charge in [-0.15, -0.1) is 0 Å². The molecule has 1 heterocycles. The minimum Gasteiger partial charge on any atom is -0.313 e. The second kappa shape index (κ2) is 4.43. The van der Waals surface area contributed by atoms with E-state index in [1.807, 2.05) is 0 Å². The van der Waals surface area contributed by atoms with E-state index < -0.39 is 11.7 Å². The summed E-state index contributed by atoms with van der Waals surface area (Å²) in [7, 11) is 0. The van der Waals surface area contributed by atoms with Gasteiger partial charge in [0.15, 0.2) is 0 Å². The maximum Gasteiger partial charge on any atom is 0.416 e. The molecule has 1 N–H and O–H groups in total. The summed E-state index contributed by atoms with van der Waals surface area (Å²) in [5.74, 6) is 0. The predicted octanol–water partition coefficient (Wildman–Crippen LogP) is 1.95. The summed E-state index contributed by atoms with van der Waals surface area (Å²) in [6.45, 7) is 1.79. The van der Waals surface area contributed by atoms with Crippen molar-refractivity contribution < 1.29 is 13.2 Å². The molecular weight excluding hydrogens is 217 g/mol. The molecule has 1 aromatic rings. The summed E-state index contributed by atoms with van der Waals surface area (Å²) < 4.78 is 38.2. The number of hydrogen-bond acceptors (Lipinski definition) is 1. The third-order valence-corrected chi connectivity index (χ3v) is 2.60. The molecule has 1 radical (unpaired) electrons. The van der Waals surface area contributed by atoms with Crippen molar-refractivity contribution >= 4 is 0 Å².